The largest absolute Gasteiger partial charge is 0.452 e. The van der Waals surface area contributed by atoms with Crippen molar-refractivity contribution in [2.24, 2.45) is 0 Å². The van der Waals surface area contributed by atoms with Gasteiger partial charge in [-0.1, -0.05) is 11.6 Å². The predicted molar refractivity (Wildman–Crippen MR) is 47.8 cm³/mol. The number of ether oxygens (including phenoxy) is 1. The zero-order chi connectivity index (χ0) is 9.59. The fourth-order valence-electron chi connectivity index (χ4n) is 1.36. The van der Waals surface area contributed by atoms with Crippen LogP contribution in [0.15, 0.2) is 6.07 Å². The minimum atomic E-state index is -0.310. The van der Waals surface area contributed by atoms with E-state index in [0.29, 0.717) is 16.4 Å². The van der Waals surface area contributed by atoms with Gasteiger partial charge >= 0.3 is 5.97 Å². The first-order valence-electron chi connectivity index (χ1n) is 3.97. The summed E-state index contributed by atoms with van der Waals surface area (Å²) in [4.78, 5) is 15.3. The Hall–Kier alpha value is -1.09. The highest BCUT2D eigenvalue weighted by molar-refractivity contribution is 6.30. The molecule has 4 heteroatoms. The minimum Gasteiger partial charge on any atom is -0.452 e. The van der Waals surface area contributed by atoms with Crippen LogP contribution in [0.4, 0.5) is 0 Å². The summed E-state index contributed by atoms with van der Waals surface area (Å²) in [5.41, 5.74) is 1.97. The van der Waals surface area contributed by atoms with Crippen LogP contribution in [0.2, 0.25) is 5.15 Å². The lowest BCUT2D eigenvalue weighted by Crippen LogP contribution is -1.96. The molecule has 1 atom stereocenters. The molecule has 0 spiro atoms. The number of nitrogens with zero attached hydrogens (tertiary/aromatic N) is 1. The first-order valence-corrected chi connectivity index (χ1v) is 4.35. The second-order valence-corrected chi connectivity index (χ2v) is 3.43. The SMILES string of the molecule is Cc1cc2c(nc1Cl)C(C)OC2=O. The quantitative estimate of drug-likeness (QED) is 0.473. The lowest BCUT2D eigenvalue weighted by Gasteiger charge is -2.02. The van der Waals surface area contributed by atoms with Crippen LogP contribution in [0, 0.1) is 6.92 Å². The Morgan fingerprint density at radius 3 is 3.00 bits per heavy atom. The Kier molecular flexibility index (Phi) is 1.77. The average molecular weight is 198 g/mol. The highest BCUT2D eigenvalue weighted by atomic mass is 35.5. The Balaban J connectivity index is 2.65. The molecule has 0 radical (unpaired) electrons. The molecule has 2 rings (SSSR count). The van der Waals surface area contributed by atoms with Crippen LogP contribution < -0.4 is 0 Å². The number of esters is 1. The van der Waals surface area contributed by atoms with E-state index in [4.69, 9.17) is 16.3 Å². The lowest BCUT2D eigenvalue weighted by molar-refractivity contribution is 0.0418. The molecule has 0 amide bonds. The highest BCUT2D eigenvalue weighted by Crippen LogP contribution is 2.30. The molecule has 0 saturated carbocycles. The normalized spacial score (nSPS) is 19.9. The van der Waals surface area contributed by atoms with Gasteiger partial charge < -0.3 is 4.74 Å². The summed E-state index contributed by atoms with van der Waals surface area (Å²) in [6.07, 6.45) is -0.277. The van der Waals surface area contributed by atoms with Gasteiger partial charge in [0, 0.05) is 0 Å². The number of pyridine rings is 1. The van der Waals surface area contributed by atoms with E-state index in [1.807, 2.05) is 6.92 Å². The number of rotatable bonds is 0. The summed E-state index contributed by atoms with van der Waals surface area (Å²) in [5, 5.41) is 0.434. The van der Waals surface area contributed by atoms with Gasteiger partial charge in [0.25, 0.3) is 0 Å². The number of fused-ring (bicyclic) bond motifs is 1. The Morgan fingerprint density at radius 2 is 2.31 bits per heavy atom. The smallest absolute Gasteiger partial charge is 0.340 e. The second kappa shape index (κ2) is 2.70. The van der Waals surface area contributed by atoms with Gasteiger partial charge in [-0.05, 0) is 25.5 Å². The zero-order valence-corrected chi connectivity index (χ0v) is 8.05. The summed E-state index contributed by atoms with van der Waals surface area (Å²) >= 11 is 5.83. The van der Waals surface area contributed by atoms with Crippen molar-refractivity contribution in [2.45, 2.75) is 20.0 Å². The van der Waals surface area contributed by atoms with Gasteiger partial charge in [-0.15, -0.1) is 0 Å². The minimum absolute atomic E-state index is 0.277. The molecule has 13 heavy (non-hydrogen) atoms. The van der Waals surface area contributed by atoms with Crippen molar-refractivity contribution in [3.8, 4) is 0 Å². The predicted octanol–water partition coefficient (Wildman–Crippen LogP) is 2.27. The van der Waals surface area contributed by atoms with E-state index in [0.717, 1.165) is 5.56 Å². The third-order valence-electron chi connectivity index (χ3n) is 2.07. The van der Waals surface area contributed by atoms with Crippen LogP contribution in [-0.4, -0.2) is 11.0 Å². The molecule has 3 nitrogen and oxygen atoms in total. The van der Waals surface area contributed by atoms with E-state index in [1.165, 1.54) is 0 Å². The number of halogens is 1. The molecule has 1 aliphatic heterocycles. The van der Waals surface area contributed by atoms with E-state index in [2.05, 4.69) is 4.98 Å². The van der Waals surface area contributed by atoms with E-state index < -0.39 is 0 Å². The number of hydrogen-bond donors (Lipinski definition) is 0. The molecule has 0 bridgehead atoms. The van der Waals surface area contributed by atoms with Crippen LogP contribution in [0.3, 0.4) is 0 Å². The van der Waals surface area contributed by atoms with Gasteiger partial charge in [0.05, 0.1) is 11.3 Å². The van der Waals surface area contributed by atoms with Crippen molar-refractivity contribution >= 4 is 17.6 Å². The van der Waals surface area contributed by atoms with Crippen LogP contribution in [-0.2, 0) is 4.74 Å². The average Bonchev–Trinajstić information content (AvgIpc) is 2.31. The van der Waals surface area contributed by atoms with Crippen LogP contribution in [0.1, 0.15) is 34.6 Å². The van der Waals surface area contributed by atoms with Crippen molar-refractivity contribution in [2.75, 3.05) is 0 Å². The molecule has 0 N–H and O–H groups in total. The van der Waals surface area contributed by atoms with Gasteiger partial charge in [0.2, 0.25) is 0 Å². The topological polar surface area (TPSA) is 39.2 Å². The number of cyclic esters (lactones) is 1. The maximum absolute atomic E-state index is 11.2. The molecular formula is C9H8ClNO2. The van der Waals surface area contributed by atoms with Crippen LogP contribution in [0.25, 0.3) is 0 Å². The van der Waals surface area contributed by atoms with E-state index in [-0.39, 0.29) is 12.1 Å². The van der Waals surface area contributed by atoms with Gasteiger partial charge in [-0.3, -0.25) is 0 Å². The van der Waals surface area contributed by atoms with Gasteiger partial charge in [0.1, 0.15) is 11.3 Å². The van der Waals surface area contributed by atoms with Gasteiger partial charge in [0.15, 0.2) is 0 Å². The summed E-state index contributed by atoms with van der Waals surface area (Å²) < 4.78 is 4.98. The fourth-order valence-corrected chi connectivity index (χ4v) is 1.50. The van der Waals surface area contributed by atoms with E-state index in [9.17, 15) is 4.79 Å². The monoisotopic (exact) mass is 197 g/mol. The number of hydrogen-bond acceptors (Lipinski definition) is 3. The first kappa shape index (κ1) is 8.51. The molecule has 0 fully saturated rings. The molecule has 0 saturated heterocycles. The number of carbonyl (C=O) groups excluding carboxylic acids is 1. The number of aromatic nitrogens is 1. The Morgan fingerprint density at radius 1 is 1.62 bits per heavy atom. The van der Waals surface area contributed by atoms with Gasteiger partial charge in [-0.2, -0.15) is 0 Å². The second-order valence-electron chi connectivity index (χ2n) is 3.08. The third kappa shape index (κ3) is 1.20. The maximum Gasteiger partial charge on any atom is 0.340 e. The molecule has 0 aliphatic carbocycles. The molecule has 1 unspecified atom stereocenters. The fraction of sp³-hybridized carbons (Fsp3) is 0.333. The van der Waals surface area contributed by atoms with Crippen LogP contribution in [0.5, 0.6) is 0 Å². The maximum atomic E-state index is 11.2. The Bertz CT molecular complexity index is 389. The van der Waals surface area contributed by atoms with Gasteiger partial charge in [-0.25, -0.2) is 9.78 Å². The summed E-state index contributed by atoms with van der Waals surface area (Å²) in [6, 6.07) is 1.72. The third-order valence-corrected chi connectivity index (χ3v) is 2.45. The molecule has 1 aromatic rings. The zero-order valence-electron chi connectivity index (χ0n) is 7.30. The Labute approximate surface area is 80.7 Å². The summed E-state index contributed by atoms with van der Waals surface area (Å²) in [6.45, 7) is 3.59. The molecular weight excluding hydrogens is 190 g/mol. The van der Waals surface area contributed by atoms with E-state index in [1.54, 1.807) is 13.0 Å². The van der Waals surface area contributed by atoms with E-state index >= 15 is 0 Å². The van der Waals surface area contributed by atoms with Crippen LogP contribution >= 0.6 is 11.6 Å². The number of aryl methyl sites for hydroxylation is 1. The van der Waals surface area contributed by atoms with Crippen molar-refractivity contribution in [3.05, 3.63) is 28.0 Å². The molecule has 1 aliphatic rings. The first-order chi connectivity index (χ1) is 6.09. The van der Waals surface area contributed by atoms with Crippen molar-refractivity contribution in [1.82, 2.24) is 4.98 Å². The summed E-state index contributed by atoms with van der Waals surface area (Å²) in [7, 11) is 0. The molecule has 1 aromatic heterocycles. The molecule has 0 aromatic carbocycles. The van der Waals surface area contributed by atoms with Crippen molar-refractivity contribution in [1.29, 1.82) is 0 Å². The standard InChI is InChI=1S/C9H8ClNO2/c1-4-3-6-7(11-8(4)10)5(2)13-9(6)12/h3,5H,1-2H3. The van der Waals surface area contributed by atoms with Crippen molar-refractivity contribution < 1.29 is 9.53 Å². The lowest BCUT2D eigenvalue weighted by atomic mass is 10.1. The summed E-state index contributed by atoms with van der Waals surface area (Å²) in [5.74, 6) is -0.310. The highest BCUT2D eigenvalue weighted by Gasteiger charge is 2.29. The number of carbonyl (C=O) groups is 1. The van der Waals surface area contributed by atoms with Crippen molar-refractivity contribution in [3.63, 3.8) is 0 Å². The molecule has 68 valence electrons. The molecule has 2 heterocycles.